The molecule has 2 aromatic carbocycles. The highest BCUT2D eigenvalue weighted by Gasteiger charge is 2.23. The van der Waals surface area contributed by atoms with Gasteiger partial charge in [-0.25, -0.2) is 4.98 Å². The highest BCUT2D eigenvalue weighted by atomic mass is 32.1. The van der Waals surface area contributed by atoms with Crippen LogP contribution < -0.4 is 5.32 Å². The Morgan fingerprint density at radius 3 is 2.21 bits per heavy atom. The lowest BCUT2D eigenvalue weighted by atomic mass is 10.1. The van der Waals surface area contributed by atoms with Crippen molar-refractivity contribution in [3.05, 3.63) is 76.9 Å². The van der Waals surface area contributed by atoms with Crippen molar-refractivity contribution in [3.63, 3.8) is 0 Å². The molecule has 2 aromatic heterocycles. The van der Waals surface area contributed by atoms with Crippen LogP contribution in [0.2, 0.25) is 0 Å². The first-order valence-corrected chi connectivity index (χ1v) is 9.87. The van der Waals surface area contributed by atoms with Crippen LogP contribution in [-0.2, 0) is 6.42 Å². The topological polar surface area (TPSA) is 68.0 Å². The van der Waals surface area contributed by atoms with E-state index in [1.165, 1.54) is 11.3 Å². The van der Waals surface area contributed by atoms with Crippen LogP contribution in [0.4, 0.5) is 5.13 Å². The molecule has 4 rings (SSSR count). The van der Waals surface area contributed by atoms with Crippen molar-refractivity contribution < 1.29 is 9.32 Å². The Labute approximate surface area is 167 Å². The van der Waals surface area contributed by atoms with Crippen molar-refractivity contribution in [2.45, 2.75) is 20.3 Å². The molecule has 0 aliphatic carbocycles. The summed E-state index contributed by atoms with van der Waals surface area (Å²) >= 11 is 1.49. The largest absolute Gasteiger partial charge is 0.360 e. The fourth-order valence-electron chi connectivity index (χ4n) is 3.06. The molecule has 1 amide bonds. The molecular formula is C22H19N3O2S. The molecule has 0 fully saturated rings. The van der Waals surface area contributed by atoms with E-state index >= 15 is 0 Å². The summed E-state index contributed by atoms with van der Waals surface area (Å²) in [7, 11) is 0. The second-order valence-electron chi connectivity index (χ2n) is 6.29. The zero-order valence-corrected chi connectivity index (χ0v) is 16.4. The average Bonchev–Trinajstić information content (AvgIpc) is 3.32. The molecule has 0 saturated heterocycles. The molecule has 140 valence electrons. The monoisotopic (exact) mass is 389 g/mol. The van der Waals surface area contributed by atoms with Gasteiger partial charge in [-0.05, 0) is 13.3 Å². The van der Waals surface area contributed by atoms with E-state index in [0.717, 1.165) is 28.1 Å². The maximum absolute atomic E-state index is 13.0. The third-order valence-corrected chi connectivity index (χ3v) is 5.54. The minimum Gasteiger partial charge on any atom is -0.360 e. The number of hydrogen-bond donors (Lipinski definition) is 1. The van der Waals surface area contributed by atoms with E-state index in [2.05, 4.69) is 22.4 Å². The molecule has 0 radical (unpaired) electrons. The molecule has 5 nitrogen and oxygen atoms in total. The normalized spacial score (nSPS) is 10.8. The Balaban J connectivity index is 1.65. The van der Waals surface area contributed by atoms with E-state index in [1.807, 2.05) is 60.7 Å². The molecule has 28 heavy (non-hydrogen) atoms. The molecule has 0 aliphatic heterocycles. The van der Waals surface area contributed by atoms with Crippen molar-refractivity contribution in [2.75, 3.05) is 5.32 Å². The summed E-state index contributed by atoms with van der Waals surface area (Å²) in [6, 6.07) is 19.5. The second-order valence-corrected chi connectivity index (χ2v) is 7.38. The third-order valence-electron chi connectivity index (χ3n) is 4.42. The summed E-state index contributed by atoms with van der Waals surface area (Å²) < 4.78 is 5.30. The number of anilines is 1. The van der Waals surface area contributed by atoms with Gasteiger partial charge in [-0.2, -0.15) is 0 Å². The number of hydrogen-bond acceptors (Lipinski definition) is 5. The molecule has 1 N–H and O–H groups in total. The predicted octanol–water partition coefficient (Wildman–Crippen LogP) is 5.59. The smallest absolute Gasteiger partial charge is 0.263 e. The number of aryl methyl sites for hydroxylation is 2. The zero-order chi connectivity index (χ0) is 19.5. The molecule has 0 aliphatic rings. The van der Waals surface area contributed by atoms with E-state index in [9.17, 15) is 4.79 Å². The summed E-state index contributed by atoms with van der Waals surface area (Å²) in [5.74, 6) is 0.209. The lowest BCUT2D eigenvalue weighted by Gasteiger charge is -2.03. The van der Waals surface area contributed by atoms with Gasteiger partial charge in [0.2, 0.25) is 0 Å². The molecule has 0 atom stereocenters. The van der Waals surface area contributed by atoms with Gasteiger partial charge >= 0.3 is 0 Å². The van der Waals surface area contributed by atoms with Gasteiger partial charge in [0.25, 0.3) is 5.91 Å². The third kappa shape index (κ3) is 3.46. The van der Waals surface area contributed by atoms with Crippen molar-refractivity contribution >= 4 is 22.4 Å². The number of amides is 1. The van der Waals surface area contributed by atoms with Gasteiger partial charge in [0, 0.05) is 16.0 Å². The first-order chi connectivity index (χ1) is 13.7. The predicted molar refractivity (Wildman–Crippen MR) is 112 cm³/mol. The summed E-state index contributed by atoms with van der Waals surface area (Å²) in [5, 5.41) is 7.58. The maximum atomic E-state index is 13.0. The minimum absolute atomic E-state index is 0.270. The molecule has 0 spiro atoms. The van der Waals surface area contributed by atoms with Crippen LogP contribution in [0.3, 0.4) is 0 Å². The summed E-state index contributed by atoms with van der Waals surface area (Å²) in [5.41, 5.74) is 3.76. The number of thiazole rings is 1. The fraction of sp³-hybridized carbons (Fsp3) is 0.136. The number of aromatic nitrogens is 2. The number of nitrogens with one attached hydrogen (secondary N) is 1. The zero-order valence-electron chi connectivity index (χ0n) is 15.6. The van der Waals surface area contributed by atoms with Gasteiger partial charge in [-0.3, -0.25) is 10.1 Å². The Kier molecular flexibility index (Phi) is 5.04. The van der Waals surface area contributed by atoms with Crippen LogP contribution in [0.25, 0.3) is 22.5 Å². The Hall–Kier alpha value is -3.25. The maximum Gasteiger partial charge on any atom is 0.263 e. The number of benzene rings is 2. The number of carbonyl (C=O) groups excluding carboxylic acids is 1. The molecule has 4 aromatic rings. The van der Waals surface area contributed by atoms with Gasteiger partial charge in [0.15, 0.2) is 5.13 Å². The van der Waals surface area contributed by atoms with Crippen molar-refractivity contribution in [1.29, 1.82) is 0 Å². The van der Waals surface area contributed by atoms with Crippen LogP contribution in [0.5, 0.6) is 0 Å². The molecule has 0 unspecified atom stereocenters. The van der Waals surface area contributed by atoms with Crippen molar-refractivity contribution in [1.82, 2.24) is 10.1 Å². The highest BCUT2D eigenvalue weighted by molar-refractivity contribution is 7.16. The summed E-state index contributed by atoms with van der Waals surface area (Å²) in [6.45, 7) is 3.83. The van der Waals surface area contributed by atoms with Crippen LogP contribution in [0.15, 0.2) is 65.2 Å². The summed E-state index contributed by atoms with van der Waals surface area (Å²) in [6.07, 6.45) is 0.847. The standard InChI is InChI=1S/C22H19N3O2S/c1-3-17-19(15-10-6-4-7-11-15)23-22(28-17)24-21(26)18-14(2)27-25-20(18)16-12-8-5-9-13-16/h4-13H,3H2,1-2H3,(H,23,24,26). The minimum atomic E-state index is -0.270. The van der Waals surface area contributed by atoms with E-state index in [4.69, 9.17) is 4.52 Å². The van der Waals surface area contributed by atoms with Gasteiger partial charge in [-0.1, -0.05) is 72.7 Å². The van der Waals surface area contributed by atoms with Crippen molar-refractivity contribution in [3.8, 4) is 22.5 Å². The van der Waals surface area contributed by atoms with Gasteiger partial charge in [0.1, 0.15) is 17.0 Å². The Bertz CT molecular complexity index is 1100. The van der Waals surface area contributed by atoms with Crippen molar-refractivity contribution in [2.24, 2.45) is 0 Å². The first-order valence-electron chi connectivity index (χ1n) is 9.05. The number of nitrogens with zero attached hydrogens (tertiary/aromatic N) is 2. The highest BCUT2D eigenvalue weighted by Crippen LogP contribution is 2.32. The molecule has 0 bridgehead atoms. The summed E-state index contributed by atoms with van der Waals surface area (Å²) in [4.78, 5) is 18.8. The molecule has 0 saturated carbocycles. The first kappa shape index (κ1) is 18.1. The molecule has 2 heterocycles. The van der Waals surface area contributed by atoms with Gasteiger partial charge in [0.05, 0.1) is 5.69 Å². The molecule has 6 heteroatoms. The van der Waals surface area contributed by atoms with Crippen LogP contribution in [0.1, 0.15) is 27.9 Å². The molecular weight excluding hydrogens is 370 g/mol. The number of rotatable bonds is 5. The van der Waals surface area contributed by atoms with Crippen LogP contribution >= 0.6 is 11.3 Å². The quantitative estimate of drug-likeness (QED) is 0.483. The van der Waals surface area contributed by atoms with Gasteiger partial charge in [-0.15, -0.1) is 11.3 Å². The van der Waals surface area contributed by atoms with Crippen LogP contribution in [0, 0.1) is 6.92 Å². The van der Waals surface area contributed by atoms with Crippen LogP contribution in [-0.4, -0.2) is 16.0 Å². The fourth-order valence-corrected chi connectivity index (χ4v) is 3.98. The Morgan fingerprint density at radius 2 is 1.61 bits per heavy atom. The SMILES string of the molecule is CCc1sc(NC(=O)c2c(-c3ccccc3)noc2C)nc1-c1ccccc1. The van der Waals surface area contributed by atoms with E-state index in [-0.39, 0.29) is 5.91 Å². The second kappa shape index (κ2) is 7.78. The number of carbonyl (C=O) groups is 1. The van der Waals surface area contributed by atoms with E-state index < -0.39 is 0 Å². The van der Waals surface area contributed by atoms with E-state index in [1.54, 1.807) is 6.92 Å². The van der Waals surface area contributed by atoms with Gasteiger partial charge < -0.3 is 4.52 Å². The lowest BCUT2D eigenvalue weighted by Crippen LogP contribution is -2.13. The Morgan fingerprint density at radius 1 is 1.00 bits per heavy atom. The van der Waals surface area contributed by atoms with E-state index in [0.29, 0.717) is 22.1 Å². The lowest BCUT2D eigenvalue weighted by molar-refractivity contribution is 0.102. The average molecular weight is 389 g/mol.